The Balaban J connectivity index is 1.89. The number of fused-ring (bicyclic) bond motifs is 1. The van der Waals surface area contributed by atoms with Crippen LogP contribution >= 0.6 is 0 Å². The normalized spacial score (nSPS) is 11.5. The minimum absolute atomic E-state index is 0.188. The van der Waals surface area contributed by atoms with Crippen LogP contribution in [0.3, 0.4) is 0 Å². The maximum Gasteiger partial charge on any atom is 0.263 e. The summed E-state index contributed by atoms with van der Waals surface area (Å²) in [6.07, 6.45) is 3.34. The highest BCUT2D eigenvalue weighted by atomic mass is 32.2. The van der Waals surface area contributed by atoms with Gasteiger partial charge in [-0.2, -0.15) is 0 Å². The molecule has 0 unspecified atom stereocenters. The number of hydrogen-bond acceptors (Lipinski definition) is 4. The van der Waals surface area contributed by atoms with Crippen LogP contribution in [0.25, 0.3) is 17.0 Å². The van der Waals surface area contributed by atoms with Crippen molar-refractivity contribution in [3.05, 3.63) is 79.1 Å². The largest absolute Gasteiger partial charge is 0.269 e. The van der Waals surface area contributed by atoms with Gasteiger partial charge in [-0.05, 0) is 18.2 Å². The van der Waals surface area contributed by atoms with Crippen molar-refractivity contribution in [2.45, 2.75) is 4.90 Å². The van der Waals surface area contributed by atoms with E-state index in [0.717, 1.165) is 5.56 Å². The van der Waals surface area contributed by atoms with Crippen molar-refractivity contribution in [2.75, 3.05) is 4.72 Å². The maximum atomic E-state index is 12.8. The first-order valence-corrected chi connectivity index (χ1v) is 9.10. The smallest absolute Gasteiger partial charge is 0.263 e. The summed E-state index contributed by atoms with van der Waals surface area (Å²) < 4.78 is 29.8. The summed E-state index contributed by atoms with van der Waals surface area (Å²) in [5.41, 5.74) is 1.33. The molecule has 1 N–H and O–H groups in total. The molecule has 0 spiro atoms. The molecule has 7 heteroatoms. The number of imidazole rings is 1. The van der Waals surface area contributed by atoms with Crippen LogP contribution in [0.2, 0.25) is 0 Å². The van der Waals surface area contributed by atoms with E-state index in [1.54, 1.807) is 53.2 Å². The first-order valence-electron chi connectivity index (χ1n) is 7.61. The van der Waals surface area contributed by atoms with Gasteiger partial charge in [-0.1, -0.05) is 48.5 Å². The maximum absolute atomic E-state index is 12.8. The fourth-order valence-electron chi connectivity index (χ4n) is 2.57. The molecule has 2 aromatic heterocycles. The second-order valence-corrected chi connectivity index (χ2v) is 7.07. The molecule has 0 aliphatic carbocycles. The molecular formula is C18H14N4O2S. The summed E-state index contributed by atoms with van der Waals surface area (Å²) in [5.74, 6) is 0.783. The topological polar surface area (TPSA) is 76.4 Å². The molecule has 4 rings (SSSR count). The highest BCUT2D eigenvalue weighted by Gasteiger charge is 2.21. The second-order valence-electron chi connectivity index (χ2n) is 5.38. The zero-order chi connectivity index (χ0) is 17.3. The first-order chi connectivity index (χ1) is 12.1. The summed E-state index contributed by atoms with van der Waals surface area (Å²) in [7, 11) is -3.74. The van der Waals surface area contributed by atoms with Gasteiger partial charge in [0.1, 0.15) is 5.69 Å². The van der Waals surface area contributed by atoms with Gasteiger partial charge in [-0.3, -0.25) is 9.12 Å². The number of nitrogens with zero attached hydrogens (tertiary/aromatic N) is 3. The minimum Gasteiger partial charge on any atom is -0.269 e. The van der Waals surface area contributed by atoms with Gasteiger partial charge in [0, 0.05) is 18.0 Å². The van der Waals surface area contributed by atoms with Crippen molar-refractivity contribution >= 4 is 21.6 Å². The molecule has 2 heterocycles. The quantitative estimate of drug-likeness (QED) is 0.613. The van der Waals surface area contributed by atoms with E-state index in [9.17, 15) is 8.42 Å². The Bertz CT molecular complexity index is 1120. The summed E-state index contributed by atoms with van der Waals surface area (Å²) in [4.78, 5) is 8.88. The highest BCUT2D eigenvalue weighted by molar-refractivity contribution is 7.92. The van der Waals surface area contributed by atoms with E-state index in [2.05, 4.69) is 14.7 Å². The van der Waals surface area contributed by atoms with Crippen LogP contribution in [-0.4, -0.2) is 22.8 Å². The molecular weight excluding hydrogens is 336 g/mol. The number of anilines is 1. The van der Waals surface area contributed by atoms with Crippen LogP contribution in [0, 0.1) is 0 Å². The van der Waals surface area contributed by atoms with E-state index in [-0.39, 0.29) is 4.90 Å². The molecule has 2 aromatic carbocycles. The van der Waals surface area contributed by atoms with Crippen molar-refractivity contribution in [1.82, 2.24) is 14.4 Å². The van der Waals surface area contributed by atoms with E-state index < -0.39 is 10.0 Å². The van der Waals surface area contributed by atoms with Crippen LogP contribution in [-0.2, 0) is 10.0 Å². The standard InChI is InChI=1S/C18H14N4O2S/c23-25(24,15-10-5-2-6-11-15)21-17-16(14-8-3-1-4-9-14)20-18-19-12-7-13-22(17)18/h1-13,21H. The number of aromatic nitrogens is 3. The molecule has 4 aromatic rings. The third kappa shape index (κ3) is 2.85. The number of hydrogen-bond donors (Lipinski definition) is 1. The molecule has 0 bridgehead atoms. The van der Waals surface area contributed by atoms with Gasteiger partial charge in [-0.15, -0.1) is 0 Å². The Morgan fingerprint density at radius 2 is 1.56 bits per heavy atom. The van der Waals surface area contributed by atoms with Gasteiger partial charge in [0.05, 0.1) is 4.90 Å². The first kappa shape index (κ1) is 15.3. The van der Waals surface area contributed by atoms with Gasteiger partial charge in [0.25, 0.3) is 10.0 Å². The van der Waals surface area contributed by atoms with Gasteiger partial charge in [-0.25, -0.2) is 18.4 Å². The van der Waals surface area contributed by atoms with Crippen LogP contribution in [0.5, 0.6) is 0 Å². The van der Waals surface area contributed by atoms with Crippen molar-refractivity contribution in [3.8, 4) is 11.3 Å². The van der Waals surface area contributed by atoms with Crippen molar-refractivity contribution in [3.63, 3.8) is 0 Å². The fraction of sp³-hybridized carbons (Fsp3) is 0. The number of sulfonamides is 1. The van der Waals surface area contributed by atoms with Gasteiger partial charge in [0.2, 0.25) is 5.78 Å². The Morgan fingerprint density at radius 1 is 0.880 bits per heavy atom. The Labute approximate surface area is 144 Å². The number of nitrogens with one attached hydrogen (secondary N) is 1. The van der Waals surface area contributed by atoms with Crippen LogP contribution < -0.4 is 4.72 Å². The lowest BCUT2D eigenvalue weighted by atomic mass is 10.1. The van der Waals surface area contributed by atoms with Crippen molar-refractivity contribution in [2.24, 2.45) is 0 Å². The molecule has 6 nitrogen and oxygen atoms in total. The third-order valence-corrected chi connectivity index (χ3v) is 5.09. The lowest BCUT2D eigenvalue weighted by Crippen LogP contribution is -2.14. The summed E-state index contributed by atoms with van der Waals surface area (Å²) in [5, 5.41) is 0. The zero-order valence-electron chi connectivity index (χ0n) is 13.1. The molecule has 0 radical (unpaired) electrons. The van der Waals surface area contributed by atoms with E-state index in [0.29, 0.717) is 17.3 Å². The Morgan fingerprint density at radius 3 is 2.28 bits per heavy atom. The zero-order valence-corrected chi connectivity index (χ0v) is 13.9. The SMILES string of the molecule is O=S(=O)(Nc1c(-c2ccccc2)nc2ncccn12)c1ccccc1. The van der Waals surface area contributed by atoms with Crippen LogP contribution in [0.15, 0.2) is 84.0 Å². The molecule has 25 heavy (non-hydrogen) atoms. The average Bonchev–Trinajstić information content (AvgIpc) is 3.01. The van der Waals surface area contributed by atoms with Gasteiger partial charge >= 0.3 is 0 Å². The molecule has 0 aliphatic heterocycles. The highest BCUT2D eigenvalue weighted by Crippen LogP contribution is 2.29. The van der Waals surface area contributed by atoms with Crippen LogP contribution in [0.4, 0.5) is 5.82 Å². The second kappa shape index (κ2) is 6.03. The van der Waals surface area contributed by atoms with E-state index in [1.807, 2.05) is 30.3 Å². The monoisotopic (exact) mass is 350 g/mol. The summed E-state index contributed by atoms with van der Waals surface area (Å²) in [6, 6.07) is 19.4. The average molecular weight is 350 g/mol. The fourth-order valence-corrected chi connectivity index (χ4v) is 3.65. The molecule has 0 atom stereocenters. The summed E-state index contributed by atoms with van der Waals surface area (Å²) in [6.45, 7) is 0. The Kier molecular flexibility index (Phi) is 3.70. The predicted octanol–water partition coefficient (Wildman–Crippen LogP) is 3.20. The molecule has 124 valence electrons. The Hall–Kier alpha value is -3.19. The third-order valence-electron chi connectivity index (χ3n) is 3.74. The van der Waals surface area contributed by atoms with E-state index in [4.69, 9.17) is 0 Å². The van der Waals surface area contributed by atoms with Gasteiger partial charge < -0.3 is 0 Å². The van der Waals surface area contributed by atoms with Crippen molar-refractivity contribution in [1.29, 1.82) is 0 Å². The van der Waals surface area contributed by atoms with Crippen LogP contribution in [0.1, 0.15) is 0 Å². The molecule has 0 fully saturated rings. The molecule has 0 aliphatic rings. The lowest BCUT2D eigenvalue weighted by Gasteiger charge is -2.09. The molecule has 0 saturated heterocycles. The predicted molar refractivity (Wildman–Crippen MR) is 95.7 cm³/mol. The van der Waals surface area contributed by atoms with Gasteiger partial charge in [0.15, 0.2) is 5.82 Å². The number of rotatable bonds is 4. The summed E-state index contributed by atoms with van der Waals surface area (Å²) >= 11 is 0. The minimum atomic E-state index is -3.74. The molecule has 0 amide bonds. The lowest BCUT2D eigenvalue weighted by molar-refractivity contribution is 0.601. The van der Waals surface area contributed by atoms with Crippen molar-refractivity contribution < 1.29 is 8.42 Å². The van der Waals surface area contributed by atoms with E-state index >= 15 is 0 Å². The number of benzene rings is 2. The van der Waals surface area contributed by atoms with E-state index in [1.165, 1.54) is 0 Å². The molecule has 0 saturated carbocycles.